The van der Waals surface area contributed by atoms with Crippen LogP contribution < -0.4 is 10.9 Å². The van der Waals surface area contributed by atoms with E-state index in [0.29, 0.717) is 41.3 Å². The molecule has 0 aliphatic rings. The second-order valence-electron chi connectivity index (χ2n) is 4.38. The highest BCUT2D eigenvalue weighted by Crippen LogP contribution is 2.25. The second-order valence-corrected chi connectivity index (χ2v) is 5.23. The number of rotatable bonds is 6. The first-order chi connectivity index (χ1) is 10.1. The first kappa shape index (κ1) is 15.8. The van der Waals surface area contributed by atoms with E-state index in [0.717, 1.165) is 0 Å². The third kappa shape index (κ3) is 4.45. The van der Waals surface area contributed by atoms with Crippen LogP contribution in [-0.2, 0) is 11.3 Å². The van der Waals surface area contributed by atoms with E-state index < -0.39 is 0 Å². The van der Waals surface area contributed by atoms with Gasteiger partial charge in [0, 0.05) is 36.3 Å². The Bertz CT molecular complexity index is 676. The van der Waals surface area contributed by atoms with Gasteiger partial charge in [-0.1, -0.05) is 15.9 Å². The zero-order valence-electron chi connectivity index (χ0n) is 11.5. The molecule has 0 saturated carbocycles. The number of halogens is 2. The lowest BCUT2D eigenvalue weighted by Gasteiger charge is -2.07. The fourth-order valence-corrected chi connectivity index (χ4v) is 2.23. The molecule has 112 valence electrons. The van der Waals surface area contributed by atoms with E-state index in [4.69, 9.17) is 4.74 Å². The van der Waals surface area contributed by atoms with Crippen molar-refractivity contribution in [2.24, 2.45) is 0 Å². The summed E-state index contributed by atoms with van der Waals surface area (Å²) in [6, 6.07) is 5.65. The summed E-state index contributed by atoms with van der Waals surface area (Å²) in [7, 11) is 1.62. The molecule has 1 aromatic heterocycles. The van der Waals surface area contributed by atoms with Crippen molar-refractivity contribution >= 4 is 15.9 Å². The second kappa shape index (κ2) is 7.44. The summed E-state index contributed by atoms with van der Waals surface area (Å²) in [6.45, 7) is 1.67. The van der Waals surface area contributed by atoms with Gasteiger partial charge in [-0.15, -0.1) is 0 Å². The molecule has 1 aromatic carbocycles. The van der Waals surface area contributed by atoms with Crippen LogP contribution in [0.15, 0.2) is 33.5 Å². The molecule has 0 amide bonds. The molecule has 2 aromatic rings. The van der Waals surface area contributed by atoms with E-state index in [9.17, 15) is 9.18 Å². The van der Waals surface area contributed by atoms with Crippen LogP contribution in [-0.4, -0.2) is 30.2 Å². The van der Waals surface area contributed by atoms with E-state index >= 15 is 0 Å². The highest BCUT2D eigenvalue weighted by Gasteiger charge is 2.09. The van der Waals surface area contributed by atoms with Crippen molar-refractivity contribution in [3.8, 4) is 11.4 Å². The fraction of sp³-hybridized carbons (Fsp3) is 0.286. The number of aromatic nitrogens is 2. The number of hydrogen-bond acceptors (Lipinski definition) is 4. The number of nitrogens with one attached hydrogen (secondary N) is 2. The van der Waals surface area contributed by atoms with Gasteiger partial charge in [0.15, 0.2) is 0 Å². The lowest BCUT2D eigenvalue weighted by molar-refractivity contribution is 0.199. The minimum Gasteiger partial charge on any atom is -0.383 e. The summed E-state index contributed by atoms with van der Waals surface area (Å²) in [6.07, 6.45) is 0. The number of ether oxygens (including phenoxy) is 1. The highest BCUT2D eigenvalue weighted by molar-refractivity contribution is 9.10. The van der Waals surface area contributed by atoms with Crippen LogP contribution in [0.4, 0.5) is 4.39 Å². The summed E-state index contributed by atoms with van der Waals surface area (Å²) in [5.41, 5.74) is 0.812. The van der Waals surface area contributed by atoms with Gasteiger partial charge in [0.1, 0.15) is 11.6 Å². The molecule has 0 fully saturated rings. The first-order valence-corrected chi connectivity index (χ1v) is 7.15. The Balaban J connectivity index is 2.26. The summed E-state index contributed by atoms with van der Waals surface area (Å²) in [4.78, 5) is 18.7. The summed E-state index contributed by atoms with van der Waals surface area (Å²) >= 11 is 3.33. The van der Waals surface area contributed by atoms with E-state index in [-0.39, 0.29) is 11.4 Å². The molecule has 0 aliphatic carbocycles. The van der Waals surface area contributed by atoms with Gasteiger partial charge in [-0.2, -0.15) is 0 Å². The lowest BCUT2D eigenvalue weighted by atomic mass is 10.2. The monoisotopic (exact) mass is 355 g/mol. The topological polar surface area (TPSA) is 67.0 Å². The molecule has 5 nitrogen and oxygen atoms in total. The maximum absolute atomic E-state index is 13.4. The molecule has 0 bridgehead atoms. The van der Waals surface area contributed by atoms with Gasteiger partial charge in [0.25, 0.3) is 5.56 Å². The maximum Gasteiger partial charge on any atom is 0.251 e. The molecule has 21 heavy (non-hydrogen) atoms. The average Bonchev–Trinajstić information content (AvgIpc) is 2.45. The molecule has 0 radical (unpaired) electrons. The SMILES string of the molecule is COCCNCc1cc(=O)[nH]c(-c2cc(F)ccc2Br)n1. The van der Waals surface area contributed by atoms with E-state index in [1.807, 2.05) is 0 Å². The number of methoxy groups -OCH3 is 1. The van der Waals surface area contributed by atoms with Crippen LogP contribution >= 0.6 is 15.9 Å². The van der Waals surface area contributed by atoms with Gasteiger partial charge in [0.2, 0.25) is 0 Å². The zero-order chi connectivity index (χ0) is 15.2. The molecule has 2 N–H and O–H groups in total. The number of aromatic amines is 1. The Labute approximate surface area is 129 Å². The number of hydrogen-bond donors (Lipinski definition) is 2. The Hall–Kier alpha value is -1.57. The zero-order valence-corrected chi connectivity index (χ0v) is 13.0. The molecule has 0 aliphatic heterocycles. The fourth-order valence-electron chi connectivity index (χ4n) is 1.80. The van der Waals surface area contributed by atoms with Gasteiger partial charge in [-0.25, -0.2) is 9.37 Å². The summed E-state index contributed by atoms with van der Waals surface area (Å²) in [5, 5.41) is 3.11. The number of benzene rings is 1. The van der Waals surface area contributed by atoms with Crippen LogP contribution in [0.2, 0.25) is 0 Å². The van der Waals surface area contributed by atoms with Gasteiger partial charge >= 0.3 is 0 Å². The Morgan fingerprint density at radius 3 is 3.00 bits per heavy atom. The lowest BCUT2D eigenvalue weighted by Crippen LogP contribution is -2.21. The molecule has 7 heteroatoms. The smallest absolute Gasteiger partial charge is 0.251 e. The third-order valence-electron chi connectivity index (χ3n) is 2.77. The van der Waals surface area contributed by atoms with Crippen LogP contribution in [0.25, 0.3) is 11.4 Å². The van der Waals surface area contributed by atoms with Crippen LogP contribution in [0, 0.1) is 5.82 Å². The molecule has 0 atom stereocenters. The van der Waals surface area contributed by atoms with Crippen LogP contribution in [0.3, 0.4) is 0 Å². The average molecular weight is 356 g/mol. The van der Waals surface area contributed by atoms with Gasteiger partial charge in [-0.3, -0.25) is 4.79 Å². The third-order valence-corrected chi connectivity index (χ3v) is 3.46. The van der Waals surface area contributed by atoms with Gasteiger partial charge in [-0.05, 0) is 18.2 Å². The predicted octanol–water partition coefficient (Wildman–Crippen LogP) is 2.07. The first-order valence-electron chi connectivity index (χ1n) is 6.35. The normalized spacial score (nSPS) is 10.8. The van der Waals surface area contributed by atoms with Crippen molar-refractivity contribution in [1.82, 2.24) is 15.3 Å². The largest absolute Gasteiger partial charge is 0.383 e. The molecule has 1 heterocycles. The van der Waals surface area contributed by atoms with Crippen molar-refractivity contribution in [2.75, 3.05) is 20.3 Å². The number of nitrogens with zero attached hydrogens (tertiary/aromatic N) is 1. The van der Waals surface area contributed by atoms with E-state index in [1.165, 1.54) is 18.2 Å². The maximum atomic E-state index is 13.4. The van der Waals surface area contributed by atoms with Crippen molar-refractivity contribution in [2.45, 2.75) is 6.54 Å². The Morgan fingerprint density at radius 2 is 2.24 bits per heavy atom. The molecule has 2 rings (SSSR count). The minimum absolute atomic E-state index is 0.278. The van der Waals surface area contributed by atoms with Crippen LogP contribution in [0.5, 0.6) is 0 Å². The molecule has 0 spiro atoms. The van der Waals surface area contributed by atoms with Crippen molar-refractivity contribution < 1.29 is 9.13 Å². The highest BCUT2D eigenvalue weighted by atomic mass is 79.9. The van der Waals surface area contributed by atoms with Crippen LogP contribution in [0.1, 0.15) is 5.69 Å². The predicted molar refractivity (Wildman–Crippen MR) is 81.5 cm³/mol. The van der Waals surface area contributed by atoms with E-state index in [2.05, 4.69) is 31.2 Å². The quantitative estimate of drug-likeness (QED) is 0.778. The number of H-pyrrole nitrogens is 1. The summed E-state index contributed by atoms with van der Waals surface area (Å²) in [5.74, 6) is -0.0584. The molecule has 0 unspecified atom stereocenters. The Morgan fingerprint density at radius 1 is 1.43 bits per heavy atom. The minimum atomic E-state index is -0.389. The standard InChI is InChI=1S/C14H15BrFN3O2/c1-21-5-4-17-8-10-7-13(20)19-14(18-10)11-6-9(16)2-3-12(11)15/h2-3,6-7,17H,4-5,8H2,1H3,(H,18,19,20). The van der Waals surface area contributed by atoms with Crippen molar-refractivity contribution in [3.05, 3.63) is 50.6 Å². The Kier molecular flexibility index (Phi) is 5.60. The summed E-state index contributed by atoms with van der Waals surface area (Å²) < 4.78 is 18.9. The van der Waals surface area contributed by atoms with Crippen molar-refractivity contribution in [3.63, 3.8) is 0 Å². The van der Waals surface area contributed by atoms with Gasteiger partial charge in [0.05, 0.1) is 12.3 Å². The van der Waals surface area contributed by atoms with Crippen molar-refractivity contribution in [1.29, 1.82) is 0 Å². The van der Waals surface area contributed by atoms with Gasteiger partial charge < -0.3 is 15.0 Å². The molecular formula is C14H15BrFN3O2. The molecular weight excluding hydrogens is 341 g/mol. The van der Waals surface area contributed by atoms with E-state index in [1.54, 1.807) is 13.2 Å². The molecule has 0 saturated heterocycles.